The summed E-state index contributed by atoms with van der Waals surface area (Å²) in [5, 5.41) is 9.13. The van der Waals surface area contributed by atoms with Crippen molar-refractivity contribution < 1.29 is 19.0 Å². The molecule has 0 radical (unpaired) electrons. The first-order valence-corrected chi connectivity index (χ1v) is 8.76. The van der Waals surface area contributed by atoms with Crippen molar-refractivity contribution in [2.24, 2.45) is 17.8 Å². The Balaban J connectivity index is 1.72. The number of ether oxygens (including phenoxy) is 1. The first-order chi connectivity index (χ1) is 11.1. The standard InChI is InChI=1S/C19H25FO3/c1-2-3-12-4-6-13(7-5-12)16-10-14-8-9-15(11-21)17(20)18(14)23-19(16)22/h8-9,12-13,16,21H,2-7,10-11H2,1H3. The molecule has 1 saturated carbocycles. The van der Waals surface area contributed by atoms with Gasteiger partial charge >= 0.3 is 5.97 Å². The molecule has 2 aliphatic rings. The van der Waals surface area contributed by atoms with Gasteiger partial charge < -0.3 is 9.84 Å². The maximum Gasteiger partial charge on any atom is 0.315 e. The van der Waals surface area contributed by atoms with E-state index in [-0.39, 0.29) is 29.8 Å². The highest BCUT2D eigenvalue weighted by Crippen LogP contribution is 2.41. The highest BCUT2D eigenvalue weighted by molar-refractivity contribution is 5.78. The maximum absolute atomic E-state index is 14.2. The predicted octanol–water partition coefficient (Wildman–Crippen LogP) is 4.00. The van der Waals surface area contributed by atoms with Crippen molar-refractivity contribution >= 4 is 5.97 Å². The second-order valence-corrected chi connectivity index (χ2v) is 6.99. The Morgan fingerprint density at radius 3 is 2.65 bits per heavy atom. The van der Waals surface area contributed by atoms with Crippen LogP contribution < -0.4 is 4.74 Å². The fraction of sp³-hybridized carbons (Fsp3) is 0.632. The van der Waals surface area contributed by atoms with Crippen LogP contribution in [0.4, 0.5) is 4.39 Å². The van der Waals surface area contributed by atoms with E-state index in [0.717, 1.165) is 24.3 Å². The summed E-state index contributed by atoms with van der Waals surface area (Å²) in [5.74, 6) is 0.132. The molecule has 1 N–H and O–H groups in total. The Bertz CT molecular complexity index is 576. The fourth-order valence-corrected chi connectivity index (χ4v) is 4.17. The molecule has 0 aromatic heterocycles. The molecule has 0 amide bonds. The molecule has 23 heavy (non-hydrogen) atoms. The van der Waals surface area contributed by atoms with E-state index in [1.165, 1.54) is 25.7 Å². The van der Waals surface area contributed by atoms with Gasteiger partial charge in [0.25, 0.3) is 0 Å². The van der Waals surface area contributed by atoms with Crippen molar-refractivity contribution in [2.45, 2.75) is 58.5 Å². The van der Waals surface area contributed by atoms with Crippen molar-refractivity contribution in [3.63, 3.8) is 0 Å². The van der Waals surface area contributed by atoms with Crippen LogP contribution in [-0.4, -0.2) is 11.1 Å². The summed E-state index contributed by atoms with van der Waals surface area (Å²) < 4.78 is 19.5. The number of benzene rings is 1. The van der Waals surface area contributed by atoms with Crippen LogP contribution in [0.1, 0.15) is 56.6 Å². The normalized spacial score (nSPS) is 27.4. The molecule has 4 heteroatoms. The summed E-state index contributed by atoms with van der Waals surface area (Å²) in [6.07, 6.45) is 7.56. The SMILES string of the molecule is CCCC1CCC(C2Cc3ccc(CO)c(F)c3OC2=O)CC1. The molecule has 3 rings (SSSR count). The van der Waals surface area contributed by atoms with Gasteiger partial charge in [-0.2, -0.15) is 0 Å². The lowest BCUT2D eigenvalue weighted by Crippen LogP contribution is -2.35. The molecule has 1 aromatic rings. The van der Waals surface area contributed by atoms with Crippen LogP contribution in [0, 0.1) is 23.6 Å². The molecule has 1 fully saturated rings. The van der Waals surface area contributed by atoms with Gasteiger partial charge in [0.2, 0.25) is 0 Å². The molecular formula is C19H25FO3. The number of carbonyl (C=O) groups excluding carboxylic acids is 1. The summed E-state index contributed by atoms with van der Waals surface area (Å²) in [6.45, 7) is 1.83. The minimum atomic E-state index is -0.594. The Morgan fingerprint density at radius 1 is 1.26 bits per heavy atom. The summed E-state index contributed by atoms with van der Waals surface area (Å²) >= 11 is 0. The summed E-state index contributed by atoms with van der Waals surface area (Å²) in [4.78, 5) is 12.4. The van der Waals surface area contributed by atoms with Gasteiger partial charge in [0.15, 0.2) is 11.6 Å². The zero-order valence-electron chi connectivity index (χ0n) is 13.7. The Hall–Kier alpha value is -1.42. The van der Waals surface area contributed by atoms with Crippen molar-refractivity contribution in [1.29, 1.82) is 0 Å². The molecule has 1 aliphatic carbocycles. The summed E-state index contributed by atoms with van der Waals surface area (Å²) in [5.41, 5.74) is 0.926. The minimum Gasteiger partial charge on any atom is -0.423 e. The number of rotatable bonds is 4. The van der Waals surface area contributed by atoms with E-state index in [1.807, 2.05) is 0 Å². The Labute approximate surface area is 136 Å². The van der Waals surface area contributed by atoms with Gasteiger partial charge in [0.05, 0.1) is 12.5 Å². The van der Waals surface area contributed by atoms with E-state index in [4.69, 9.17) is 9.84 Å². The van der Waals surface area contributed by atoms with E-state index in [9.17, 15) is 9.18 Å². The van der Waals surface area contributed by atoms with Crippen molar-refractivity contribution in [3.05, 3.63) is 29.1 Å². The van der Waals surface area contributed by atoms with Crippen LogP contribution in [-0.2, 0) is 17.8 Å². The second-order valence-electron chi connectivity index (χ2n) is 6.99. The molecule has 1 unspecified atom stereocenters. The quantitative estimate of drug-likeness (QED) is 0.674. The van der Waals surface area contributed by atoms with Crippen molar-refractivity contribution in [1.82, 2.24) is 0 Å². The lowest BCUT2D eigenvalue weighted by atomic mass is 9.72. The van der Waals surface area contributed by atoms with E-state index < -0.39 is 5.82 Å². The number of hydrogen-bond donors (Lipinski definition) is 1. The number of aliphatic hydroxyl groups is 1. The minimum absolute atomic E-state index is 0.0254. The van der Waals surface area contributed by atoms with Gasteiger partial charge in [0.1, 0.15) is 0 Å². The van der Waals surface area contributed by atoms with Crippen LogP contribution in [0.3, 0.4) is 0 Å². The molecule has 0 spiro atoms. The fourth-order valence-electron chi connectivity index (χ4n) is 4.17. The molecule has 1 atom stereocenters. The number of esters is 1. The molecular weight excluding hydrogens is 295 g/mol. The second kappa shape index (κ2) is 7.00. The number of hydrogen-bond acceptors (Lipinski definition) is 3. The third-order valence-corrected chi connectivity index (χ3v) is 5.53. The number of aliphatic hydroxyl groups excluding tert-OH is 1. The largest absolute Gasteiger partial charge is 0.423 e. The monoisotopic (exact) mass is 320 g/mol. The maximum atomic E-state index is 14.2. The average molecular weight is 320 g/mol. The number of fused-ring (bicyclic) bond motifs is 1. The van der Waals surface area contributed by atoms with Crippen molar-refractivity contribution in [2.75, 3.05) is 0 Å². The van der Waals surface area contributed by atoms with Crippen LogP contribution in [0.5, 0.6) is 5.75 Å². The van der Waals surface area contributed by atoms with Crippen LogP contribution >= 0.6 is 0 Å². The molecule has 0 bridgehead atoms. The average Bonchev–Trinajstić information content (AvgIpc) is 2.56. The van der Waals surface area contributed by atoms with Gasteiger partial charge in [-0.15, -0.1) is 0 Å². The molecule has 1 heterocycles. The van der Waals surface area contributed by atoms with E-state index >= 15 is 0 Å². The first-order valence-electron chi connectivity index (χ1n) is 8.76. The lowest BCUT2D eigenvalue weighted by Gasteiger charge is -2.35. The van der Waals surface area contributed by atoms with Gasteiger partial charge in [-0.1, -0.05) is 44.7 Å². The number of halogens is 1. The summed E-state index contributed by atoms with van der Waals surface area (Å²) in [6, 6.07) is 3.37. The molecule has 0 saturated heterocycles. The van der Waals surface area contributed by atoms with E-state index in [2.05, 4.69) is 6.92 Å². The van der Waals surface area contributed by atoms with E-state index in [1.54, 1.807) is 12.1 Å². The van der Waals surface area contributed by atoms with Gasteiger partial charge in [-0.05, 0) is 36.7 Å². The van der Waals surface area contributed by atoms with Gasteiger partial charge in [-0.25, -0.2) is 4.39 Å². The first kappa shape index (κ1) is 16.4. The highest BCUT2D eigenvalue weighted by Gasteiger charge is 2.38. The molecule has 3 nitrogen and oxygen atoms in total. The lowest BCUT2D eigenvalue weighted by molar-refractivity contribution is -0.143. The molecule has 1 aliphatic heterocycles. The Morgan fingerprint density at radius 2 is 2.00 bits per heavy atom. The third kappa shape index (κ3) is 3.27. The van der Waals surface area contributed by atoms with Gasteiger partial charge in [0, 0.05) is 5.56 Å². The highest BCUT2D eigenvalue weighted by atomic mass is 19.1. The Kier molecular flexibility index (Phi) is 5.00. The molecule has 1 aromatic carbocycles. The summed E-state index contributed by atoms with van der Waals surface area (Å²) in [7, 11) is 0. The zero-order chi connectivity index (χ0) is 16.4. The zero-order valence-corrected chi connectivity index (χ0v) is 13.7. The van der Waals surface area contributed by atoms with Crippen LogP contribution in [0.15, 0.2) is 12.1 Å². The topological polar surface area (TPSA) is 46.5 Å². The molecule has 126 valence electrons. The van der Waals surface area contributed by atoms with Gasteiger partial charge in [-0.3, -0.25) is 4.79 Å². The predicted molar refractivity (Wildman–Crippen MR) is 85.5 cm³/mol. The number of carbonyl (C=O) groups is 1. The van der Waals surface area contributed by atoms with Crippen molar-refractivity contribution in [3.8, 4) is 5.75 Å². The van der Waals surface area contributed by atoms with Crippen LogP contribution in [0.2, 0.25) is 0 Å². The third-order valence-electron chi connectivity index (χ3n) is 5.53. The smallest absolute Gasteiger partial charge is 0.315 e. The van der Waals surface area contributed by atoms with Crippen LogP contribution in [0.25, 0.3) is 0 Å². The van der Waals surface area contributed by atoms with E-state index in [0.29, 0.717) is 12.3 Å².